The highest BCUT2D eigenvalue weighted by Crippen LogP contribution is 2.14. The molecule has 148 valence electrons. The molecule has 28 heavy (non-hydrogen) atoms. The monoisotopic (exact) mass is 381 g/mol. The quantitative estimate of drug-likeness (QED) is 0.375. The minimum atomic E-state index is -0.292. The summed E-state index contributed by atoms with van der Waals surface area (Å²) in [4.78, 5) is 39.1. The van der Waals surface area contributed by atoms with Crippen molar-refractivity contribution < 1.29 is 14.4 Å². The summed E-state index contributed by atoms with van der Waals surface area (Å²) in [6, 6.07) is 6.64. The third kappa shape index (κ3) is 6.39. The van der Waals surface area contributed by atoms with E-state index >= 15 is 0 Å². The smallest absolute Gasteiger partial charge is 0.251 e. The minimum Gasteiger partial charge on any atom is -0.352 e. The van der Waals surface area contributed by atoms with E-state index in [1.54, 1.807) is 0 Å². The van der Waals surface area contributed by atoms with Crippen molar-refractivity contribution in [3.63, 3.8) is 0 Å². The molecule has 2 rings (SSSR count). The van der Waals surface area contributed by atoms with Gasteiger partial charge in [0.25, 0.3) is 5.91 Å². The molecular formula is C22H27N3O3. The lowest BCUT2D eigenvalue weighted by molar-refractivity contribution is 0.0953. The van der Waals surface area contributed by atoms with Crippen molar-refractivity contribution in [2.75, 3.05) is 13.1 Å². The predicted octanol–water partition coefficient (Wildman–Crippen LogP) is 3.13. The molecule has 0 spiro atoms. The van der Waals surface area contributed by atoms with E-state index in [2.05, 4.69) is 35.5 Å². The van der Waals surface area contributed by atoms with Gasteiger partial charge in [0.2, 0.25) is 0 Å². The summed E-state index contributed by atoms with van der Waals surface area (Å²) in [5.74, 6) is -0.0260. The van der Waals surface area contributed by atoms with Gasteiger partial charge in [-0.05, 0) is 55.1 Å². The molecule has 0 aliphatic heterocycles. The summed E-state index contributed by atoms with van der Waals surface area (Å²) < 4.78 is 0. The first kappa shape index (κ1) is 21.4. The van der Waals surface area contributed by atoms with Crippen molar-refractivity contribution in [2.45, 2.75) is 39.7 Å². The van der Waals surface area contributed by atoms with Crippen molar-refractivity contribution in [1.82, 2.24) is 15.6 Å². The largest absolute Gasteiger partial charge is 0.352 e. The van der Waals surface area contributed by atoms with E-state index in [9.17, 15) is 14.4 Å². The van der Waals surface area contributed by atoms with Crippen LogP contribution in [0.2, 0.25) is 0 Å². The van der Waals surface area contributed by atoms with Gasteiger partial charge in [0.1, 0.15) is 6.29 Å². The van der Waals surface area contributed by atoms with Crippen molar-refractivity contribution in [3.05, 3.63) is 64.5 Å². The standard InChI is InChI=1S/C22H27N3O3/c1-15(2)21-9-18(12-24-13-21)11-23-5-4-6-25-22(28)20-8-17(14-26)7-19(10-20)16(3)27/h7-10,12-15,23H,4-6,11H2,1-3H3,(H,25,28). The number of Topliss-reactive ketones (excluding diaryl/α,β-unsaturated/α-hetero) is 1. The Bertz CT molecular complexity index is 847. The zero-order valence-corrected chi connectivity index (χ0v) is 16.6. The number of hydrogen-bond donors (Lipinski definition) is 2. The number of carbonyl (C=O) groups excluding carboxylic acids is 3. The maximum absolute atomic E-state index is 12.3. The Morgan fingerprint density at radius 1 is 1.07 bits per heavy atom. The Balaban J connectivity index is 1.77. The number of benzene rings is 1. The SMILES string of the molecule is CC(=O)c1cc(C=O)cc(C(=O)NCCCNCc2cncc(C(C)C)c2)c1. The highest BCUT2D eigenvalue weighted by atomic mass is 16.1. The first-order valence-electron chi connectivity index (χ1n) is 9.44. The second-order valence-electron chi connectivity index (χ2n) is 7.09. The second-order valence-corrected chi connectivity index (χ2v) is 7.09. The number of aldehydes is 1. The van der Waals surface area contributed by atoms with E-state index in [1.807, 2.05) is 12.4 Å². The molecule has 6 nitrogen and oxygen atoms in total. The number of rotatable bonds is 10. The van der Waals surface area contributed by atoms with Crippen LogP contribution in [0.25, 0.3) is 0 Å². The molecule has 0 radical (unpaired) electrons. The molecule has 0 aliphatic carbocycles. The third-order valence-electron chi connectivity index (χ3n) is 4.39. The molecule has 0 aliphatic rings. The summed E-state index contributed by atoms with van der Waals surface area (Å²) in [7, 11) is 0. The lowest BCUT2D eigenvalue weighted by Gasteiger charge is -2.09. The van der Waals surface area contributed by atoms with Crippen molar-refractivity contribution in [2.24, 2.45) is 0 Å². The van der Waals surface area contributed by atoms with E-state index < -0.39 is 0 Å². The number of nitrogens with zero attached hydrogens (tertiary/aromatic N) is 1. The van der Waals surface area contributed by atoms with Crippen LogP contribution in [0.4, 0.5) is 0 Å². The predicted molar refractivity (Wildman–Crippen MR) is 109 cm³/mol. The molecule has 1 heterocycles. The van der Waals surface area contributed by atoms with Crippen LogP contribution in [-0.2, 0) is 6.54 Å². The number of hydrogen-bond acceptors (Lipinski definition) is 5. The van der Waals surface area contributed by atoms with Gasteiger partial charge in [0, 0.05) is 42.2 Å². The van der Waals surface area contributed by atoms with Gasteiger partial charge in [-0.1, -0.05) is 19.9 Å². The summed E-state index contributed by atoms with van der Waals surface area (Å²) in [5.41, 5.74) is 3.34. The van der Waals surface area contributed by atoms with Crippen LogP contribution < -0.4 is 10.6 Å². The first-order valence-corrected chi connectivity index (χ1v) is 9.44. The highest BCUT2D eigenvalue weighted by molar-refractivity contribution is 6.01. The fraction of sp³-hybridized carbons (Fsp3) is 0.364. The number of ketones is 1. The summed E-state index contributed by atoms with van der Waals surface area (Å²) in [6.45, 7) is 7.66. The van der Waals surface area contributed by atoms with Crippen LogP contribution in [0.5, 0.6) is 0 Å². The van der Waals surface area contributed by atoms with E-state index in [-0.39, 0.29) is 11.7 Å². The van der Waals surface area contributed by atoms with Crippen LogP contribution in [0.3, 0.4) is 0 Å². The second kappa shape index (κ2) is 10.5. The zero-order valence-electron chi connectivity index (χ0n) is 16.6. The van der Waals surface area contributed by atoms with Crippen molar-refractivity contribution >= 4 is 18.0 Å². The molecule has 1 amide bonds. The average molecular weight is 381 g/mol. The normalized spacial score (nSPS) is 10.7. The van der Waals surface area contributed by atoms with Crippen molar-refractivity contribution in [1.29, 1.82) is 0 Å². The lowest BCUT2D eigenvalue weighted by Crippen LogP contribution is -2.27. The lowest BCUT2D eigenvalue weighted by atomic mass is 10.0. The average Bonchev–Trinajstić information content (AvgIpc) is 2.70. The van der Waals surface area contributed by atoms with Gasteiger partial charge < -0.3 is 10.6 Å². The van der Waals surface area contributed by atoms with Crippen LogP contribution in [-0.4, -0.2) is 36.1 Å². The first-order chi connectivity index (χ1) is 13.4. The Morgan fingerprint density at radius 3 is 2.50 bits per heavy atom. The number of nitrogens with one attached hydrogen (secondary N) is 2. The van der Waals surface area contributed by atoms with Gasteiger partial charge in [0.05, 0.1) is 0 Å². The Hall–Kier alpha value is -2.86. The van der Waals surface area contributed by atoms with E-state index in [0.29, 0.717) is 35.4 Å². The van der Waals surface area contributed by atoms with Crippen LogP contribution >= 0.6 is 0 Å². The van der Waals surface area contributed by atoms with Gasteiger partial charge in [-0.25, -0.2) is 0 Å². The molecule has 0 saturated carbocycles. The topological polar surface area (TPSA) is 88.2 Å². The molecule has 0 fully saturated rings. The fourth-order valence-corrected chi connectivity index (χ4v) is 2.72. The molecule has 0 unspecified atom stereocenters. The molecule has 0 atom stereocenters. The van der Waals surface area contributed by atoms with Crippen molar-refractivity contribution in [3.8, 4) is 0 Å². The Morgan fingerprint density at radius 2 is 1.82 bits per heavy atom. The Labute approximate surface area is 165 Å². The molecular weight excluding hydrogens is 354 g/mol. The maximum atomic E-state index is 12.3. The molecule has 1 aromatic heterocycles. The van der Waals surface area contributed by atoms with Gasteiger partial charge in [-0.2, -0.15) is 0 Å². The van der Waals surface area contributed by atoms with Crippen LogP contribution in [0.1, 0.15) is 75.3 Å². The summed E-state index contributed by atoms with van der Waals surface area (Å²) in [6.07, 6.45) is 5.14. The van der Waals surface area contributed by atoms with E-state index in [0.717, 1.165) is 25.1 Å². The van der Waals surface area contributed by atoms with E-state index in [1.165, 1.54) is 30.7 Å². The van der Waals surface area contributed by atoms with Gasteiger partial charge in [-0.3, -0.25) is 19.4 Å². The molecule has 2 aromatic rings. The maximum Gasteiger partial charge on any atom is 0.251 e. The van der Waals surface area contributed by atoms with Crippen LogP contribution in [0, 0.1) is 0 Å². The molecule has 6 heteroatoms. The van der Waals surface area contributed by atoms with E-state index in [4.69, 9.17) is 0 Å². The minimum absolute atomic E-state index is 0.182. The Kier molecular flexibility index (Phi) is 8.02. The summed E-state index contributed by atoms with van der Waals surface area (Å²) >= 11 is 0. The van der Waals surface area contributed by atoms with Gasteiger partial charge >= 0.3 is 0 Å². The highest BCUT2D eigenvalue weighted by Gasteiger charge is 2.10. The molecule has 0 saturated heterocycles. The number of carbonyl (C=O) groups is 3. The molecule has 1 aromatic carbocycles. The number of aromatic nitrogens is 1. The number of pyridine rings is 1. The van der Waals surface area contributed by atoms with Gasteiger partial charge in [-0.15, -0.1) is 0 Å². The molecule has 2 N–H and O–H groups in total. The number of amides is 1. The third-order valence-corrected chi connectivity index (χ3v) is 4.39. The van der Waals surface area contributed by atoms with Crippen LogP contribution in [0.15, 0.2) is 36.7 Å². The fourth-order valence-electron chi connectivity index (χ4n) is 2.72. The van der Waals surface area contributed by atoms with Gasteiger partial charge in [0.15, 0.2) is 5.78 Å². The zero-order chi connectivity index (χ0) is 20.5. The molecule has 0 bridgehead atoms. The summed E-state index contributed by atoms with van der Waals surface area (Å²) in [5, 5.41) is 6.16.